The summed E-state index contributed by atoms with van der Waals surface area (Å²) in [5.74, 6) is 1.34. The Bertz CT molecular complexity index is 466. The van der Waals surface area contributed by atoms with E-state index in [1.807, 2.05) is 0 Å². The summed E-state index contributed by atoms with van der Waals surface area (Å²) < 4.78 is 0. The lowest BCUT2D eigenvalue weighted by atomic mass is 10.1. The largest absolute Gasteiger partial charge is 0.0622 e. The average Bonchev–Trinajstić information content (AvgIpc) is 2.88. The van der Waals surface area contributed by atoms with Crippen molar-refractivity contribution in [3.63, 3.8) is 0 Å². The zero-order valence-electron chi connectivity index (χ0n) is 11.0. The van der Waals surface area contributed by atoms with Gasteiger partial charge in [-0.15, -0.1) is 0 Å². The van der Waals surface area contributed by atoms with E-state index in [0.717, 1.165) is 0 Å². The molecule has 0 aromatic heterocycles. The van der Waals surface area contributed by atoms with Gasteiger partial charge in [-0.25, -0.2) is 0 Å². The maximum absolute atomic E-state index is 2.31. The van der Waals surface area contributed by atoms with Crippen molar-refractivity contribution in [2.24, 2.45) is 0 Å². The van der Waals surface area contributed by atoms with Gasteiger partial charge in [0.1, 0.15) is 0 Å². The molecule has 1 aliphatic carbocycles. The maximum atomic E-state index is 2.31. The summed E-state index contributed by atoms with van der Waals surface area (Å²) in [6.07, 6.45) is 6.78. The van der Waals surface area contributed by atoms with E-state index in [1.165, 1.54) is 22.2 Å². The molecule has 2 aromatic carbocycles. The number of hydrogen-bond donors (Lipinski definition) is 0. The van der Waals surface area contributed by atoms with Crippen molar-refractivity contribution in [1.82, 2.24) is 0 Å². The quantitative estimate of drug-likeness (QED) is 0.737. The van der Waals surface area contributed by atoms with Gasteiger partial charge in [0.15, 0.2) is 0 Å². The Kier molecular flexibility index (Phi) is 3.99. The summed E-state index contributed by atoms with van der Waals surface area (Å²) in [5.41, 5.74) is 1.44. The smallest absolute Gasteiger partial charge is 0.0164 e. The van der Waals surface area contributed by atoms with Crippen molar-refractivity contribution in [2.75, 3.05) is 0 Å². The molecule has 1 fully saturated rings. The summed E-state index contributed by atoms with van der Waals surface area (Å²) >= 11 is 0. The van der Waals surface area contributed by atoms with Crippen LogP contribution in [0.25, 0.3) is 0 Å². The molecule has 2 aromatic rings. The molecule has 0 atom stereocenters. The van der Waals surface area contributed by atoms with Crippen LogP contribution in [-0.4, -0.2) is 0 Å². The fourth-order valence-electron chi connectivity index (χ4n) is 2.29. The molecule has 19 heavy (non-hydrogen) atoms. The lowest BCUT2D eigenvalue weighted by molar-refractivity contribution is 1.24. The summed E-state index contributed by atoms with van der Waals surface area (Å²) in [6, 6.07) is 21.6. The minimum absolute atomic E-state index is 0.425. The van der Waals surface area contributed by atoms with E-state index in [0.29, 0.717) is 0 Å². The van der Waals surface area contributed by atoms with Crippen molar-refractivity contribution in [2.45, 2.75) is 6.92 Å². The van der Waals surface area contributed by atoms with Gasteiger partial charge >= 0.3 is 0 Å². The Balaban J connectivity index is 1.97. The van der Waals surface area contributed by atoms with Crippen LogP contribution in [0.3, 0.4) is 0 Å². The van der Waals surface area contributed by atoms with Crippen LogP contribution in [0.5, 0.6) is 0 Å². The Morgan fingerprint density at radius 3 is 1.63 bits per heavy atom. The van der Waals surface area contributed by atoms with E-state index < -0.39 is 7.92 Å². The lowest BCUT2D eigenvalue weighted by Crippen LogP contribution is -2.15. The van der Waals surface area contributed by atoms with Crippen LogP contribution in [0.2, 0.25) is 0 Å². The van der Waals surface area contributed by atoms with E-state index >= 15 is 0 Å². The predicted octanol–water partition coefficient (Wildman–Crippen LogP) is 3.87. The molecule has 93 valence electrons. The van der Waals surface area contributed by atoms with E-state index in [9.17, 15) is 0 Å². The normalized spacial score (nSPS) is 17.2. The fourth-order valence-corrected chi connectivity index (χ4v) is 4.68. The van der Waals surface area contributed by atoms with Crippen molar-refractivity contribution < 1.29 is 0 Å². The molecule has 0 unspecified atom stereocenters. The Morgan fingerprint density at radius 2 is 1.21 bits per heavy atom. The van der Waals surface area contributed by atoms with Crippen molar-refractivity contribution in [1.29, 1.82) is 0 Å². The topological polar surface area (TPSA) is 0 Å². The third kappa shape index (κ3) is 2.90. The minimum atomic E-state index is -0.425. The first-order valence-electron chi connectivity index (χ1n) is 6.48. The maximum Gasteiger partial charge on any atom is 0.0164 e. The summed E-state index contributed by atoms with van der Waals surface area (Å²) in [5, 5.41) is 2.82. The van der Waals surface area contributed by atoms with Gasteiger partial charge in [-0.3, -0.25) is 0 Å². The van der Waals surface area contributed by atoms with Crippen molar-refractivity contribution in [3.05, 3.63) is 91.5 Å². The molecule has 0 aliphatic heterocycles. The molecule has 3 rings (SSSR count). The summed E-state index contributed by atoms with van der Waals surface area (Å²) in [6.45, 7) is 2.16. The molecule has 0 N–H and O–H groups in total. The molecular weight excluding hydrogens is 247 g/mol. The van der Waals surface area contributed by atoms with Gasteiger partial charge in [0, 0.05) is 5.66 Å². The zero-order chi connectivity index (χ0) is 13.1. The van der Waals surface area contributed by atoms with Crippen LogP contribution in [0.4, 0.5) is 0 Å². The molecule has 1 heteroatoms. The van der Waals surface area contributed by atoms with E-state index in [2.05, 4.69) is 86.8 Å². The monoisotopic (exact) mass is 263 g/mol. The van der Waals surface area contributed by atoms with Gasteiger partial charge < -0.3 is 0 Å². The lowest BCUT2D eigenvalue weighted by Gasteiger charge is -2.24. The highest BCUT2D eigenvalue weighted by molar-refractivity contribution is 7.76. The van der Waals surface area contributed by atoms with E-state index in [4.69, 9.17) is 0 Å². The number of hydrogen-bond acceptors (Lipinski definition) is 0. The third-order valence-electron chi connectivity index (χ3n) is 3.18. The molecule has 0 spiro atoms. The van der Waals surface area contributed by atoms with Gasteiger partial charge in [0.25, 0.3) is 0 Å². The van der Waals surface area contributed by atoms with Crippen molar-refractivity contribution in [3.8, 4) is 0 Å². The first-order chi connectivity index (χ1) is 9.34. The standard InChI is InChI=1S/C18H16P/c1-15-12-13-18(14-15)19(16-8-4-2-5-9-16)17-10-6-3-7-11-17/h2-14H,1H3. The van der Waals surface area contributed by atoms with E-state index in [-0.39, 0.29) is 0 Å². The van der Waals surface area contributed by atoms with Gasteiger partial charge in [-0.2, -0.15) is 0 Å². The molecule has 0 heterocycles. The fraction of sp³-hybridized carbons (Fsp3) is 0.0556. The highest BCUT2D eigenvalue weighted by atomic mass is 31.1. The first-order valence-corrected chi connectivity index (χ1v) is 7.82. The molecular formula is C18H16P. The SMILES string of the molecule is C[C]1[CH][CH][C](P(c2ccccc2)c2ccccc2)[CH]1. The number of benzene rings is 2. The highest BCUT2D eigenvalue weighted by Crippen LogP contribution is 2.53. The van der Waals surface area contributed by atoms with Gasteiger partial charge in [-0.1, -0.05) is 67.6 Å². The molecule has 5 radical (unpaired) electrons. The molecule has 1 saturated carbocycles. The van der Waals surface area contributed by atoms with Crippen LogP contribution >= 0.6 is 7.92 Å². The van der Waals surface area contributed by atoms with Crippen LogP contribution < -0.4 is 10.6 Å². The predicted molar refractivity (Wildman–Crippen MR) is 84.1 cm³/mol. The Morgan fingerprint density at radius 1 is 0.684 bits per heavy atom. The van der Waals surface area contributed by atoms with Gasteiger partial charge in [0.2, 0.25) is 0 Å². The third-order valence-corrected chi connectivity index (χ3v) is 5.60. The van der Waals surface area contributed by atoms with Gasteiger partial charge in [0.05, 0.1) is 0 Å². The second kappa shape index (κ2) is 5.88. The van der Waals surface area contributed by atoms with E-state index in [1.54, 1.807) is 0 Å². The molecule has 0 nitrogen and oxygen atoms in total. The average molecular weight is 263 g/mol. The number of rotatable bonds is 3. The second-order valence-electron chi connectivity index (χ2n) is 4.65. The Hall–Kier alpha value is -1.13. The van der Waals surface area contributed by atoms with Crippen LogP contribution in [-0.2, 0) is 0 Å². The van der Waals surface area contributed by atoms with Crippen LogP contribution in [0.15, 0.2) is 60.7 Å². The van der Waals surface area contributed by atoms with Crippen LogP contribution in [0.1, 0.15) is 6.92 Å². The second-order valence-corrected chi connectivity index (χ2v) is 6.87. The van der Waals surface area contributed by atoms with Crippen molar-refractivity contribution >= 4 is 18.5 Å². The van der Waals surface area contributed by atoms with Gasteiger partial charge in [-0.05, 0) is 43.7 Å². The minimum Gasteiger partial charge on any atom is -0.0622 e. The Labute approximate surface area is 117 Å². The molecule has 0 bridgehead atoms. The molecule has 0 amide bonds. The molecule has 1 aliphatic rings. The highest BCUT2D eigenvalue weighted by Gasteiger charge is 2.32. The summed E-state index contributed by atoms with van der Waals surface area (Å²) in [4.78, 5) is 0. The molecule has 0 saturated heterocycles. The van der Waals surface area contributed by atoms with Crippen LogP contribution in [0, 0.1) is 30.8 Å². The zero-order valence-corrected chi connectivity index (χ0v) is 11.8. The summed E-state index contributed by atoms with van der Waals surface area (Å²) in [7, 11) is -0.425. The first kappa shape index (κ1) is 12.9.